The number of carbonyl (C=O) groups excluding carboxylic acids is 3. The molecule has 0 aromatic carbocycles. The van der Waals surface area contributed by atoms with E-state index in [0.29, 0.717) is 17.1 Å². The van der Waals surface area contributed by atoms with E-state index in [1.54, 1.807) is 0 Å². The molecule has 2 aromatic heterocycles. The predicted octanol–water partition coefficient (Wildman–Crippen LogP) is -0.390. The number of hydrogen-bond acceptors (Lipinski definition) is 14. The normalized spacial score (nSPS) is 18.3. The van der Waals surface area contributed by atoms with E-state index in [4.69, 9.17) is 9.94 Å². The number of hydrogen-bond donors (Lipinski definition) is 4. The van der Waals surface area contributed by atoms with Crippen molar-refractivity contribution in [2.24, 2.45) is 5.16 Å². The van der Waals surface area contributed by atoms with Gasteiger partial charge in [0.25, 0.3) is 11.8 Å². The smallest absolute Gasteiger partial charge is 0.352 e. The van der Waals surface area contributed by atoms with Gasteiger partial charge in [0.15, 0.2) is 10.8 Å². The van der Waals surface area contributed by atoms with Crippen molar-refractivity contribution in [1.82, 2.24) is 35.4 Å². The van der Waals surface area contributed by atoms with Crippen LogP contribution in [0.15, 0.2) is 39.6 Å². The lowest BCUT2D eigenvalue weighted by Gasteiger charge is -2.49. The highest BCUT2D eigenvalue weighted by Gasteiger charge is 2.54. The Morgan fingerprint density at radius 1 is 1.34 bits per heavy atom. The standard InChI is InChI=1S/C21H21N9O8S3/c1-2-5-38-26-13(11-8-40-20(23-11)22-9-31)16(34)24-14-17(35)30-15(19(36)37)10(6-39-18(14)30)7-41-21-25-27-28-29(21)4-3-12(32)33/h2,8-9,14,18H,1,3-7H2,(H,24,34)(H,32,33)(H,36,37)(H,22,23,31)/t14?,18-/m0/s1. The maximum atomic E-state index is 13.1. The predicted molar refractivity (Wildman–Crippen MR) is 145 cm³/mol. The van der Waals surface area contributed by atoms with Crippen LogP contribution in [0, 0.1) is 0 Å². The number of oxime groups is 1. The number of carbonyl (C=O) groups is 5. The van der Waals surface area contributed by atoms with Crippen molar-refractivity contribution in [2.75, 3.05) is 23.4 Å². The Balaban J connectivity index is 1.47. The summed E-state index contributed by atoms with van der Waals surface area (Å²) in [5.74, 6) is -3.38. The first-order valence-electron chi connectivity index (χ1n) is 11.5. The first-order chi connectivity index (χ1) is 19.7. The number of fused-ring (bicyclic) bond motifs is 1. The maximum absolute atomic E-state index is 13.1. The van der Waals surface area contributed by atoms with Crippen molar-refractivity contribution < 1.29 is 39.0 Å². The van der Waals surface area contributed by atoms with Crippen molar-refractivity contribution in [2.45, 2.75) is 29.5 Å². The number of aliphatic carboxylic acids is 2. The van der Waals surface area contributed by atoms with Gasteiger partial charge < -0.3 is 25.7 Å². The van der Waals surface area contributed by atoms with Crippen LogP contribution in [0.3, 0.4) is 0 Å². The van der Waals surface area contributed by atoms with Crippen LogP contribution >= 0.6 is 34.9 Å². The number of β-lactam (4-membered cyclic amide) rings is 1. The molecule has 2 aromatic rings. The van der Waals surface area contributed by atoms with E-state index in [0.717, 1.165) is 28.0 Å². The Hall–Kier alpha value is -4.30. The lowest BCUT2D eigenvalue weighted by atomic mass is 10.0. The highest BCUT2D eigenvalue weighted by molar-refractivity contribution is 8.01. The average Bonchev–Trinajstić information content (AvgIpc) is 3.60. The lowest BCUT2D eigenvalue weighted by Crippen LogP contribution is -2.71. The van der Waals surface area contributed by atoms with E-state index in [1.807, 2.05) is 0 Å². The molecule has 17 nitrogen and oxygen atoms in total. The molecule has 2 aliphatic rings. The molecule has 0 radical (unpaired) electrons. The van der Waals surface area contributed by atoms with E-state index in [9.17, 15) is 29.1 Å². The fourth-order valence-electron chi connectivity index (χ4n) is 3.66. The Morgan fingerprint density at radius 3 is 2.85 bits per heavy atom. The minimum atomic E-state index is -1.31. The molecule has 216 valence electrons. The van der Waals surface area contributed by atoms with Gasteiger partial charge in [-0.2, -0.15) is 0 Å². The largest absolute Gasteiger partial charge is 0.481 e. The molecule has 0 spiro atoms. The molecule has 1 fully saturated rings. The summed E-state index contributed by atoms with van der Waals surface area (Å²) in [6.45, 7) is 3.54. The van der Waals surface area contributed by atoms with Gasteiger partial charge >= 0.3 is 11.9 Å². The van der Waals surface area contributed by atoms with E-state index >= 15 is 0 Å². The number of thioether (sulfide) groups is 2. The molecule has 2 atom stereocenters. The number of anilines is 1. The molecule has 3 amide bonds. The average molecular weight is 624 g/mol. The Bertz CT molecular complexity index is 1440. The molecule has 0 bridgehead atoms. The van der Waals surface area contributed by atoms with Crippen molar-refractivity contribution in [3.63, 3.8) is 0 Å². The zero-order valence-electron chi connectivity index (χ0n) is 20.8. The van der Waals surface area contributed by atoms with Gasteiger partial charge in [0.05, 0.1) is 13.0 Å². The summed E-state index contributed by atoms with van der Waals surface area (Å²) >= 11 is 3.42. The molecule has 20 heteroatoms. The molecule has 0 aliphatic carbocycles. The number of tetrazole rings is 1. The van der Waals surface area contributed by atoms with Crippen LogP contribution < -0.4 is 10.6 Å². The molecular formula is C21H21N9O8S3. The molecule has 1 unspecified atom stereocenters. The maximum Gasteiger partial charge on any atom is 0.352 e. The molecule has 0 saturated carbocycles. The number of carboxylic acids is 2. The minimum absolute atomic E-state index is 0.00550. The summed E-state index contributed by atoms with van der Waals surface area (Å²) in [4.78, 5) is 70.3. The third-order valence-electron chi connectivity index (χ3n) is 5.44. The van der Waals surface area contributed by atoms with Crippen LogP contribution in [-0.2, 0) is 35.4 Å². The van der Waals surface area contributed by atoms with E-state index in [2.05, 4.69) is 42.9 Å². The zero-order chi connectivity index (χ0) is 29.5. The van der Waals surface area contributed by atoms with Crippen molar-refractivity contribution in [1.29, 1.82) is 0 Å². The van der Waals surface area contributed by atoms with Gasteiger partial charge in [-0.05, 0) is 16.0 Å². The number of nitrogens with zero attached hydrogens (tertiary/aromatic N) is 7. The van der Waals surface area contributed by atoms with Crippen LogP contribution in [0.4, 0.5) is 5.13 Å². The number of aryl methyl sites for hydroxylation is 1. The first kappa shape index (κ1) is 29.7. The fourth-order valence-corrected chi connectivity index (χ4v) is 6.70. The number of amides is 3. The molecule has 41 heavy (non-hydrogen) atoms. The van der Waals surface area contributed by atoms with Crippen LogP contribution in [0.25, 0.3) is 0 Å². The van der Waals surface area contributed by atoms with Gasteiger partial charge in [-0.15, -0.1) is 28.2 Å². The third-order valence-corrected chi connectivity index (χ3v) is 8.60. The van der Waals surface area contributed by atoms with Gasteiger partial charge in [0.1, 0.15) is 29.4 Å². The number of thiazole rings is 1. The Morgan fingerprint density at radius 2 is 2.15 bits per heavy atom. The molecule has 4 heterocycles. The zero-order valence-corrected chi connectivity index (χ0v) is 23.3. The Labute approximate surface area is 243 Å². The topological polar surface area (TPSA) is 231 Å². The van der Waals surface area contributed by atoms with Gasteiger partial charge in [0, 0.05) is 16.9 Å². The second kappa shape index (κ2) is 13.4. The number of carboxylic acid groups (broad SMARTS) is 2. The monoisotopic (exact) mass is 623 g/mol. The fraction of sp³-hybridized carbons (Fsp3) is 0.333. The van der Waals surface area contributed by atoms with Gasteiger partial charge in [-0.25, -0.2) is 14.5 Å². The number of nitrogens with one attached hydrogen (secondary N) is 2. The highest BCUT2D eigenvalue weighted by atomic mass is 32.2. The van der Waals surface area contributed by atoms with E-state index in [-0.39, 0.29) is 53.3 Å². The molecule has 1 saturated heterocycles. The summed E-state index contributed by atoms with van der Waals surface area (Å²) in [7, 11) is 0. The van der Waals surface area contributed by atoms with Gasteiger partial charge in [-0.1, -0.05) is 29.6 Å². The van der Waals surface area contributed by atoms with Crippen molar-refractivity contribution in [3.8, 4) is 0 Å². The molecule has 4 rings (SSSR count). The number of rotatable bonds is 15. The third kappa shape index (κ3) is 6.72. The van der Waals surface area contributed by atoms with E-state index < -0.39 is 35.2 Å². The quantitative estimate of drug-likeness (QED) is 0.0377. The van der Waals surface area contributed by atoms with Crippen LogP contribution in [-0.4, -0.2) is 106 Å². The molecule has 4 N–H and O–H groups in total. The summed E-state index contributed by atoms with van der Waals surface area (Å²) in [5.41, 5.74) is 0.0822. The number of aromatic nitrogens is 5. The summed E-state index contributed by atoms with van der Waals surface area (Å²) in [6.07, 6.45) is 1.65. The minimum Gasteiger partial charge on any atom is -0.481 e. The van der Waals surface area contributed by atoms with E-state index in [1.165, 1.54) is 27.9 Å². The SMILES string of the molecule is C=CCON=C(C(=O)NC1C(=O)N2C(C(=O)O)=C(CSc3nnnn3CCC(=O)O)CS[C@@H]12)c1csc(NC=O)n1. The van der Waals surface area contributed by atoms with Crippen LogP contribution in [0.2, 0.25) is 0 Å². The second-order valence-corrected chi connectivity index (χ2v) is 11.0. The summed E-state index contributed by atoms with van der Waals surface area (Å²) in [6, 6.07) is -1.05. The molecular weight excluding hydrogens is 602 g/mol. The first-order valence-corrected chi connectivity index (χ1v) is 14.4. The highest BCUT2D eigenvalue weighted by Crippen LogP contribution is 2.41. The molecule has 2 aliphatic heterocycles. The summed E-state index contributed by atoms with van der Waals surface area (Å²) in [5, 5.41) is 40.0. The van der Waals surface area contributed by atoms with Crippen LogP contribution in [0.1, 0.15) is 12.1 Å². The van der Waals surface area contributed by atoms with Crippen molar-refractivity contribution >= 4 is 75.9 Å². The second-order valence-electron chi connectivity index (χ2n) is 8.06. The van der Waals surface area contributed by atoms with Crippen molar-refractivity contribution in [3.05, 3.63) is 35.0 Å². The van der Waals surface area contributed by atoms with Gasteiger partial charge in [-0.3, -0.25) is 24.1 Å². The van der Waals surface area contributed by atoms with Gasteiger partial charge in [0.2, 0.25) is 11.6 Å². The van der Waals surface area contributed by atoms with Crippen LogP contribution in [0.5, 0.6) is 0 Å². The summed E-state index contributed by atoms with van der Waals surface area (Å²) < 4.78 is 1.30. The lowest BCUT2D eigenvalue weighted by molar-refractivity contribution is -0.150. The Kier molecular flexibility index (Phi) is 9.68.